The van der Waals surface area contributed by atoms with Crippen molar-refractivity contribution in [2.45, 2.75) is 31.2 Å². The SMILES string of the molecule is CC1CC(C)N(S(=O)(=O)c2ccc(C(N)=S)cc2Cl)C1. The highest BCUT2D eigenvalue weighted by Crippen LogP contribution is 2.32. The molecule has 1 saturated heterocycles. The smallest absolute Gasteiger partial charge is 0.244 e. The molecule has 4 nitrogen and oxygen atoms in total. The van der Waals surface area contributed by atoms with Gasteiger partial charge in [0.05, 0.1) is 5.02 Å². The average molecular weight is 333 g/mol. The third-order valence-electron chi connectivity index (χ3n) is 3.53. The molecule has 7 heteroatoms. The molecule has 2 unspecified atom stereocenters. The Labute approximate surface area is 130 Å². The van der Waals surface area contributed by atoms with Crippen molar-refractivity contribution in [3.8, 4) is 0 Å². The van der Waals surface area contributed by atoms with Crippen molar-refractivity contribution >= 4 is 38.8 Å². The van der Waals surface area contributed by atoms with Gasteiger partial charge in [-0.15, -0.1) is 0 Å². The number of nitrogens with zero attached hydrogens (tertiary/aromatic N) is 1. The van der Waals surface area contributed by atoms with Crippen molar-refractivity contribution in [1.29, 1.82) is 0 Å². The van der Waals surface area contributed by atoms with Crippen LogP contribution < -0.4 is 5.73 Å². The molecule has 1 aliphatic heterocycles. The lowest BCUT2D eigenvalue weighted by Gasteiger charge is -2.21. The summed E-state index contributed by atoms with van der Waals surface area (Å²) in [4.78, 5) is 0.305. The lowest BCUT2D eigenvalue weighted by Crippen LogP contribution is -2.34. The van der Waals surface area contributed by atoms with Gasteiger partial charge in [-0.25, -0.2) is 8.42 Å². The standard InChI is InChI=1S/C13H17ClN2O2S2/c1-8-5-9(2)16(7-8)20(17,18)12-4-3-10(13(15)19)6-11(12)14/h3-4,6,8-9H,5,7H2,1-2H3,(H2,15,19). The van der Waals surface area contributed by atoms with Crippen LogP contribution in [0, 0.1) is 5.92 Å². The Hall–Kier alpha value is -0.690. The van der Waals surface area contributed by atoms with Gasteiger partial charge >= 0.3 is 0 Å². The van der Waals surface area contributed by atoms with E-state index in [1.54, 1.807) is 6.07 Å². The van der Waals surface area contributed by atoms with Crippen LogP contribution >= 0.6 is 23.8 Å². The molecule has 0 saturated carbocycles. The van der Waals surface area contributed by atoms with E-state index in [0.717, 1.165) is 6.42 Å². The first-order valence-electron chi connectivity index (χ1n) is 6.34. The summed E-state index contributed by atoms with van der Waals surface area (Å²) in [6.45, 7) is 4.48. The molecule has 1 aliphatic rings. The highest BCUT2D eigenvalue weighted by molar-refractivity contribution is 7.89. The summed E-state index contributed by atoms with van der Waals surface area (Å²) in [5, 5.41) is 0.155. The number of halogens is 1. The van der Waals surface area contributed by atoms with E-state index in [2.05, 4.69) is 0 Å². The van der Waals surface area contributed by atoms with Gasteiger partial charge in [-0.3, -0.25) is 0 Å². The zero-order valence-corrected chi connectivity index (χ0v) is 13.7. The number of nitrogens with two attached hydrogens (primary N) is 1. The lowest BCUT2D eigenvalue weighted by molar-refractivity contribution is 0.405. The molecule has 0 spiro atoms. The van der Waals surface area contributed by atoms with Crippen LogP contribution in [0.4, 0.5) is 0 Å². The van der Waals surface area contributed by atoms with E-state index >= 15 is 0 Å². The molecule has 0 bridgehead atoms. The normalized spacial score (nSPS) is 23.9. The van der Waals surface area contributed by atoms with Gasteiger partial charge in [0.25, 0.3) is 0 Å². The molecule has 1 aromatic rings. The Balaban J connectivity index is 2.42. The maximum absolute atomic E-state index is 12.7. The fourth-order valence-corrected chi connectivity index (χ4v) is 4.99. The predicted octanol–water partition coefficient (Wildman–Crippen LogP) is 2.39. The van der Waals surface area contributed by atoms with Gasteiger partial charge in [0, 0.05) is 18.2 Å². The first-order chi connectivity index (χ1) is 9.23. The van der Waals surface area contributed by atoms with Crippen LogP contribution in [0.5, 0.6) is 0 Å². The third-order valence-corrected chi connectivity index (χ3v) is 6.23. The van der Waals surface area contributed by atoms with Gasteiger partial charge in [-0.2, -0.15) is 4.31 Å². The van der Waals surface area contributed by atoms with Crippen LogP contribution in [0.25, 0.3) is 0 Å². The fourth-order valence-electron chi connectivity index (χ4n) is 2.59. The second kappa shape index (κ2) is 5.60. The number of thiocarbonyl (C=S) groups is 1. The number of rotatable bonds is 3. The Morgan fingerprint density at radius 3 is 2.55 bits per heavy atom. The summed E-state index contributed by atoms with van der Waals surface area (Å²) >= 11 is 11.0. The quantitative estimate of drug-likeness (QED) is 0.863. The van der Waals surface area contributed by atoms with Crippen LogP contribution in [0.1, 0.15) is 25.8 Å². The highest BCUT2D eigenvalue weighted by atomic mass is 35.5. The van der Waals surface area contributed by atoms with E-state index in [9.17, 15) is 8.42 Å². The number of sulfonamides is 1. The second-order valence-electron chi connectivity index (χ2n) is 5.27. The van der Waals surface area contributed by atoms with Crippen LogP contribution in [-0.2, 0) is 10.0 Å². The molecular weight excluding hydrogens is 316 g/mol. The van der Waals surface area contributed by atoms with Crippen LogP contribution in [0.3, 0.4) is 0 Å². The molecule has 2 atom stereocenters. The van der Waals surface area contributed by atoms with Gasteiger partial charge in [-0.05, 0) is 31.4 Å². The van der Waals surface area contributed by atoms with Crippen molar-refractivity contribution in [3.63, 3.8) is 0 Å². The van der Waals surface area contributed by atoms with E-state index in [-0.39, 0.29) is 20.9 Å². The minimum atomic E-state index is -3.58. The molecule has 0 aliphatic carbocycles. The van der Waals surface area contributed by atoms with Crippen molar-refractivity contribution in [2.75, 3.05) is 6.54 Å². The van der Waals surface area contributed by atoms with E-state index in [4.69, 9.17) is 29.6 Å². The summed E-state index contributed by atoms with van der Waals surface area (Å²) in [6, 6.07) is 4.55. The topological polar surface area (TPSA) is 63.4 Å². The highest BCUT2D eigenvalue weighted by Gasteiger charge is 2.37. The minimum Gasteiger partial charge on any atom is -0.389 e. The molecule has 1 aromatic carbocycles. The Kier molecular flexibility index (Phi) is 4.39. The summed E-state index contributed by atoms with van der Waals surface area (Å²) in [6.07, 6.45) is 0.863. The molecule has 2 rings (SSSR count). The van der Waals surface area contributed by atoms with Crippen molar-refractivity contribution < 1.29 is 8.42 Å². The Morgan fingerprint density at radius 1 is 1.45 bits per heavy atom. The van der Waals surface area contributed by atoms with Gasteiger partial charge < -0.3 is 5.73 Å². The Bertz CT molecular complexity index is 646. The molecule has 0 amide bonds. The molecule has 0 aromatic heterocycles. The third kappa shape index (κ3) is 2.83. The van der Waals surface area contributed by atoms with Crippen molar-refractivity contribution in [3.05, 3.63) is 28.8 Å². The zero-order valence-electron chi connectivity index (χ0n) is 11.3. The van der Waals surface area contributed by atoms with Crippen LogP contribution in [0.2, 0.25) is 5.02 Å². The zero-order chi connectivity index (χ0) is 15.1. The number of benzene rings is 1. The fraction of sp³-hybridized carbons (Fsp3) is 0.462. The molecule has 0 radical (unpaired) electrons. The van der Waals surface area contributed by atoms with Crippen molar-refractivity contribution in [2.24, 2.45) is 11.7 Å². The van der Waals surface area contributed by atoms with Crippen LogP contribution in [-0.4, -0.2) is 30.3 Å². The second-order valence-corrected chi connectivity index (χ2v) is 7.98. The summed E-state index contributed by atoms with van der Waals surface area (Å²) in [7, 11) is -3.58. The largest absolute Gasteiger partial charge is 0.389 e. The van der Waals surface area contributed by atoms with E-state index in [1.165, 1.54) is 16.4 Å². The van der Waals surface area contributed by atoms with Gasteiger partial charge in [-0.1, -0.05) is 36.8 Å². The van der Waals surface area contributed by atoms with Crippen LogP contribution in [0.15, 0.2) is 23.1 Å². The molecular formula is C13H17ClN2O2S2. The van der Waals surface area contributed by atoms with Gasteiger partial charge in [0.2, 0.25) is 10.0 Å². The van der Waals surface area contributed by atoms with E-state index in [1.807, 2.05) is 13.8 Å². The Morgan fingerprint density at radius 2 is 2.10 bits per heavy atom. The molecule has 1 heterocycles. The molecule has 2 N–H and O–H groups in total. The minimum absolute atomic E-state index is 0.0127. The molecule has 110 valence electrons. The van der Waals surface area contributed by atoms with Gasteiger partial charge in [0.15, 0.2) is 0 Å². The summed E-state index contributed by atoms with van der Waals surface area (Å²) in [5.41, 5.74) is 6.08. The maximum atomic E-state index is 12.7. The number of hydrogen-bond donors (Lipinski definition) is 1. The van der Waals surface area contributed by atoms with E-state index < -0.39 is 10.0 Å². The van der Waals surface area contributed by atoms with Crippen molar-refractivity contribution in [1.82, 2.24) is 4.31 Å². The average Bonchev–Trinajstić information content (AvgIpc) is 2.68. The monoisotopic (exact) mass is 332 g/mol. The first-order valence-corrected chi connectivity index (χ1v) is 8.57. The first kappa shape index (κ1) is 15.7. The summed E-state index contributed by atoms with van der Waals surface area (Å²) < 4.78 is 26.9. The van der Waals surface area contributed by atoms with Gasteiger partial charge in [0.1, 0.15) is 9.88 Å². The van der Waals surface area contributed by atoms with E-state index in [0.29, 0.717) is 18.0 Å². The predicted molar refractivity (Wildman–Crippen MR) is 84.5 cm³/mol. The summed E-state index contributed by atoms with van der Waals surface area (Å²) in [5.74, 6) is 0.356. The molecule has 20 heavy (non-hydrogen) atoms. The molecule has 1 fully saturated rings. The number of hydrogen-bond acceptors (Lipinski definition) is 3. The maximum Gasteiger partial charge on any atom is 0.244 e. The lowest BCUT2D eigenvalue weighted by atomic mass is 10.1.